The molecule has 120 valence electrons. The van der Waals surface area contributed by atoms with Crippen LogP contribution < -0.4 is 10.6 Å². The molecule has 2 N–H and O–H groups in total. The summed E-state index contributed by atoms with van der Waals surface area (Å²) in [5.41, 5.74) is 1.90. The lowest BCUT2D eigenvalue weighted by atomic mass is 10.2. The Morgan fingerprint density at radius 3 is 2.59 bits per heavy atom. The van der Waals surface area contributed by atoms with Crippen LogP contribution in [0.2, 0.25) is 0 Å². The zero-order chi connectivity index (χ0) is 16.1. The second-order valence-corrected chi connectivity index (χ2v) is 6.29. The van der Waals surface area contributed by atoms with E-state index in [4.69, 9.17) is 0 Å². The summed E-state index contributed by atoms with van der Waals surface area (Å²) in [6, 6.07) is 7.09. The zero-order valence-corrected chi connectivity index (χ0v) is 13.6. The standard InChI is InChI=1S/C17H25N3O2/c1-12(2)11-18-16(21)15-5-4-10-20(15)17(22)19-14-8-6-13(3)7-9-14/h6-9,12,15H,4-5,10-11H2,1-3H3,(H,18,21)(H,19,22)/t15-/m1/s1. The number of rotatable bonds is 4. The summed E-state index contributed by atoms with van der Waals surface area (Å²) in [6.07, 6.45) is 1.59. The van der Waals surface area contributed by atoms with Gasteiger partial charge in [0, 0.05) is 18.8 Å². The van der Waals surface area contributed by atoms with Crippen molar-refractivity contribution in [2.75, 3.05) is 18.4 Å². The smallest absolute Gasteiger partial charge is 0.322 e. The van der Waals surface area contributed by atoms with Crippen molar-refractivity contribution in [3.63, 3.8) is 0 Å². The molecule has 1 aromatic carbocycles. The van der Waals surface area contributed by atoms with Crippen molar-refractivity contribution in [2.24, 2.45) is 5.92 Å². The number of hydrogen-bond acceptors (Lipinski definition) is 2. The monoisotopic (exact) mass is 303 g/mol. The number of aryl methyl sites for hydroxylation is 1. The highest BCUT2D eigenvalue weighted by atomic mass is 16.2. The van der Waals surface area contributed by atoms with Crippen LogP contribution in [-0.2, 0) is 4.79 Å². The van der Waals surface area contributed by atoms with Crippen molar-refractivity contribution < 1.29 is 9.59 Å². The molecule has 22 heavy (non-hydrogen) atoms. The summed E-state index contributed by atoms with van der Waals surface area (Å²) in [5, 5.41) is 5.79. The average Bonchev–Trinajstić information content (AvgIpc) is 2.96. The fourth-order valence-electron chi connectivity index (χ4n) is 2.54. The minimum Gasteiger partial charge on any atom is -0.354 e. The predicted molar refractivity (Wildman–Crippen MR) is 87.8 cm³/mol. The van der Waals surface area contributed by atoms with Gasteiger partial charge in [-0.3, -0.25) is 4.79 Å². The maximum atomic E-state index is 12.4. The first-order chi connectivity index (χ1) is 10.5. The number of hydrogen-bond donors (Lipinski definition) is 2. The molecule has 0 radical (unpaired) electrons. The van der Waals surface area contributed by atoms with Gasteiger partial charge >= 0.3 is 6.03 Å². The molecule has 1 fully saturated rings. The number of anilines is 1. The fourth-order valence-corrected chi connectivity index (χ4v) is 2.54. The highest BCUT2D eigenvalue weighted by Gasteiger charge is 2.34. The first-order valence-electron chi connectivity index (χ1n) is 7.89. The Morgan fingerprint density at radius 2 is 1.95 bits per heavy atom. The third-order valence-corrected chi connectivity index (χ3v) is 3.80. The van der Waals surface area contributed by atoms with Gasteiger partial charge in [0.2, 0.25) is 5.91 Å². The Morgan fingerprint density at radius 1 is 1.27 bits per heavy atom. The lowest BCUT2D eigenvalue weighted by Gasteiger charge is -2.24. The highest BCUT2D eigenvalue weighted by Crippen LogP contribution is 2.19. The molecule has 0 aromatic heterocycles. The molecule has 0 aliphatic carbocycles. The molecule has 1 aliphatic rings. The number of amides is 3. The molecule has 0 unspecified atom stereocenters. The van der Waals surface area contributed by atoms with Gasteiger partial charge in [0.15, 0.2) is 0 Å². The Hall–Kier alpha value is -2.04. The van der Waals surface area contributed by atoms with Crippen LogP contribution in [0.25, 0.3) is 0 Å². The van der Waals surface area contributed by atoms with Gasteiger partial charge < -0.3 is 15.5 Å². The van der Waals surface area contributed by atoms with Crippen molar-refractivity contribution >= 4 is 17.6 Å². The fraction of sp³-hybridized carbons (Fsp3) is 0.529. The molecule has 1 atom stereocenters. The number of likely N-dealkylation sites (tertiary alicyclic amines) is 1. The van der Waals surface area contributed by atoms with E-state index in [2.05, 4.69) is 24.5 Å². The van der Waals surface area contributed by atoms with Gasteiger partial charge in [0.25, 0.3) is 0 Å². The molecular formula is C17H25N3O2. The molecule has 1 aromatic rings. The van der Waals surface area contributed by atoms with Crippen molar-refractivity contribution in [1.29, 1.82) is 0 Å². The van der Waals surface area contributed by atoms with Crippen LogP contribution >= 0.6 is 0 Å². The van der Waals surface area contributed by atoms with Crippen molar-refractivity contribution in [3.05, 3.63) is 29.8 Å². The van der Waals surface area contributed by atoms with Crippen molar-refractivity contribution in [3.8, 4) is 0 Å². The van der Waals surface area contributed by atoms with Gasteiger partial charge in [-0.05, 0) is 37.8 Å². The number of benzene rings is 1. The molecule has 0 saturated carbocycles. The minimum absolute atomic E-state index is 0.0507. The maximum absolute atomic E-state index is 12.4. The Labute approximate surface area is 132 Å². The SMILES string of the molecule is Cc1ccc(NC(=O)N2CCC[C@@H]2C(=O)NCC(C)C)cc1. The molecule has 3 amide bonds. The summed E-state index contributed by atoms with van der Waals surface area (Å²) in [7, 11) is 0. The van der Waals surface area contributed by atoms with E-state index in [-0.39, 0.29) is 18.0 Å². The quantitative estimate of drug-likeness (QED) is 0.898. The molecule has 1 heterocycles. The third kappa shape index (κ3) is 4.23. The lowest BCUT2D eigenvalue weighted by Crippen LogP contribution is -2.48. The van der Waals surface area contributed by atoms with Crippen LogP contribution in [0.15, 0.2) is 24.3 Å². The van der Waals surface area contributed by atoms with Gasteiger partial charge in [-0.15, -0.1) is 0 Å². The Bertz CT molecular complexity index is 525. The Kier molecular flexibility index (Phi) is 5.41. The Balaban J connectivity index is 1.95. The number of carbonyl (C=O) groups excluding carboxylic acids is 2. The number of carbonyl (C=O) groups is 2. The predicted octanol–water partition coefficient (Wildman–Crippen LogP) is 2.76. The topological polar surface area (TPSA) is 61.4 Å². The van der Waals surface area contributed by atoms with Crippen molar-refractivity contribution in [1.82, 2.24) is 10.2 Å². The summed E-state index contributed by atoms with van der Waals surface area (Å²) in [5.74, 6) is 0.352. The molecule has 5 nitrogen and oxygen atoms in total. The van der Waals surface area contributed by atoms with E-state index < -0.39 is 0 Å². The van der Waals surface area contributed by atoms with Crippen LogP contribution in [0.4, 0.5) is 10.5 Å². The van der Waals surface area contributed by atoms with Crippen LogP contribution in [0.3, 0.4) is 0 Å². The van der Waals surface area contributed by atoms with Crippen LogP contribution in [0, 0.1) is 12.8 Å². The third-order valence-electron chi connectivity index (χ3n) is 3.80. The van der Waals surface area contributed by atoms with Crippen molar-refractivity contribution in [2.45, 2.75) is 39.7 Å². The summed E-state index contributed by atoms with van der Waals surface area (Å²) in [4.78, 5) is 26.3. The minimum atomic E-state index is -0.357. The average molecular weight is 303 g/mol. The molecule has 0 bridgehead atoms. The number of nitrogens with zero attached hydrogens (tertiary/aromatic N) is 1. The second kappa shape index (κ2) is 7.29. The van der Waals surface area contributed by atoms with Crippen LogP contribution in [-0.4, -0.2) is 36.0 Å². The van der Waals surface area contributed by atoms with E-state index in [1.807, 2.05) is 31.2 Å². The van der Waals surface area contributed by atoms with Crippen LogP contribution in [0.1, 0.15) is 32.3 Å². The lowest BCUT2D eigenvalue weighted by molar-refractivity contribution is -0.124. The molecule has 0 spiro atoms. The van der Waals surface area contributed by atoms with E-state index >= 15 is 0 Å². The summed E-state index contributed by atoms with van der Waals surface area (Å²) in [6.45, 7) is 7.37. The van der Waals surface area contributed by atoms with Gasteiger partial charge in [-0.25, -0.2) is 4.79 Å². The first kappa shape index (κ1) is 16.3. The van der Waals surface area contributed by atoms with E-state index in [9.17, 15) is 9.59 Å². The van der Waals surface area contributed by atoms with Gasteiger partial charge in [0.1, 0.15) is 6.04 Å². The van der Waals surface area contributed by atoms with Gasteiger partial charge in [-0.2, -0.15) is 0 Å². The zero-order valence-electron chi connectivity index (χ0n) is 13.6. The second-order valence-electron chi connectivity index (χ2n) is 6.29. The largest absolute Gasteiger partial charge is 0.354 e. The molecule has 1 aliphatic heterocycles. The van der Waals surface area contributed by atoms with E-state index in [1.54, 1.807) is 4.90 Å². The van der Waals surface area contributed by atoms with E-state index in [1.165, 1.54) is 0 Å². The highest BCUT2D eigenvalue weighted by molar-refractivity contribution is 5.94. The van der Waals surface area contributed by atoms with Gasteiger partial charge in [0.05, 0.1) is 0 Å². The molecule has 1 saturated heterocycles. The van der Waals surface area contributed by atoms with Gasteiger partial charge in [-0.1, -0.05) is 31.5 Å². The first-order valence-corrected chi connectivity index (χ1v) is 7.89. The molecule has 5 heteroatoms. The summed E-state index contributed by atoms with van der Waals surface area (Å²) >= 11 is 0. The van der Waals surface area contributed by atoms with E-state index in [0.29, 0.717) is 19.0 Å². The normalized spacial score (nSPS) is 17.6. The number of nitrogens with one attached hydrogen (secondary N) is 2. The number of urea groups is 1. The summed E-state index contributed by atoms with van der Waals surface area (Å²) < 4.78 is 0. The molecule has 2 rings (SSSR count). The maximum Gasteiger partial charge on any atom is 0.322 e. The van der Waals surface area contributed by atoms with Crippen LogP contribution in [0.5, 0.6) is 0 Å². The molecular weight excluding hydrogens is 278 g/mol. The van der Waals surface area contributed by atoms with E-state index in [0.717, 1.165) is 24.1 Å².